The van der Waals surface area contributed by atoms with Gasteiger partial charge in [0.15, 0.2) is 4.90 Å². The Balaban J connectivity index is 1.97. The Morgan fingerprint density at radius 3 is 2.54 bits per heavy atom. The Morgan fingerprint density at radius 1 is 1.17 bits per heavy atom. The van der Waals surface area contributed by atoms with Gasteiger partial charge in [0.05, 0.1) is 0 Å². The molecule has 0 unspecified atom stereocenters. The van der Waals surface area contributed by atoms with E-state index in [2.05, 4.69) is 4.98 Å². The number of hydrogen-bond donors (Lipinski definition) is 2. The molecule has 0 spiro atoms. The van der Waals surface area contributed by atoms with Crippen LogP contribution in [0.15, 0.2) is 51.0 Å². The molecular weight excluding hydrogens is 330 g/mol. The van der Waals surface area contributed by atoms with Crippen LogP contribution in [0.1, 0.15) is 25.3 Å². The van der Waals surface area contributed by atoms with E-state index in [0.717, 1.165) is 18.2 Å². The molecule has 1 aliphatic heterocycles. The van der Waals surface area contributed by atoms with Crippen molar-refractivity contribution in [3.8, 4) is 0 Å². The van der Waals surface area contributed by atoms with Gasteiger partial charge in [-0.1, -0.05) is 37.3 Å². The van der Waals surface area contributed by atoms with Crippen molar-refractivity contribution in [1.29, 1.82) is 0 Å². The molecule has 1 fully saturated rings. The highest BCUT2D eigenvalue weighted by Crippen LogP contribution is 2.35. The summed E-state index contributed by atoms with van der Waals surface area (Å²) >= 11 is 0. The van der Waals surface area contributed by atoms with E-state index in [9.17, 15) is 18.0 Å². The van der Waals surface area contributed by atoms with Crippen molar-refractivity contribution >= 4 is 10.0 Å². The van der Waals surface area contributed by atoms with Crippen molar-refractivity contribution in [2.45, 2.75) is 30.1 Å². The lowest BCUT2D eigenvalue weighted by Crippen LogP contribution is -2.48. The molecule has 0 bridgehead atoms. The lowest BCUT2D eigenvalue weighted by molar-refractivity contribution is 0.240. The van der Waals surface area contributed by atoms with Crippen LogP contribution in [0.25, 0.3) is 0 Å². The molecule has 3 rings (SSSR count). The maximum Gasteiger partial charge on any atom is 0.325 e. The standard InChI is InChI=1S/C16H19N3O4S/c1-16(12-6-3-2-4-7-12)8-5-9-19(11-16)24(22,23)13-10-17-15(21)18-14(13)20/h2-4,6-7,10H,5,8-9,11H2,1H3,(H2,17,18,20,21)/t16-/m0/s1. The number of rotatable bonds is 3. The topological polar surface area (TPSA) is 103 Å². The van der Waals surface area contributed by atoms with Crippen LogP contribution in [-0.2, 0) is 15.4 Å². The summed E-state index contributed by atoms with van der Waals surface area (Å²) in [6, 6.07) is 9.76. The molecule has 1 aromatic heterocycles. The van der Waals surface area contributed by atoms with Crippen LogP contribution in [0, 0.1) is 0 Å². The number of aromatic nitrogens is 2. The minimum atomic E-state index is -3.97. The van der Waals surface area contributed by atoms with E-state index < -0.39 is 26.2 Å². The minimum absolute atomic E-state index is 0.290. The SMILES string of the molecule is C[C@]1(c2ccccc2)CCCN(S(=O)(=O)c2c[nH]c(=O)[nH]c2=O)C1. The molecule has 1 aromatic carbocycles. The number of piperidine rings is 1. The molecule has 8 heteroatoms. The Labute approximate surface area is 139 Å². The molecular formula is C16H19N3O4S. The maximum absolute atomic E-state index is 12.8. The number of nitrogens with zero attached hydrogens (tertiary/aromatic N) is 1. The zero-order valence-corrected chi connectivity index (χ0v) is 14.1. The number of H-pyrrole nitrogens is 2. The van der Waals surface area contributed by atoms with Crippen LogP contribution in [-0.4, -0.2) is 35.8 Å². The van der Waals surface area contributed by atoms with Crippen LogP contribution in [0.3, 0.4) is 0 Å². The molecule has 0 amide bonds. The molecule has 1 atom stereocenters. The summed E-state index contributed by atoms with van der Waals surface area (Å²) in [5.41, 5.74) is -0.876. The molecule has 1 saturated heterocycles. The van der Waals surface area contributed by atoms with Crippen LogP contribution >= 0.6 is 0 Å². The zero-order valence-electron chi connectivity index (χ0n) is 13.3. The Kier molecular flexibility index (Phi) is 4.18. The summed E-state index contributed by atoms with van der Waals surface area (Å²) in [7, 11) is -3.97. The summed E-state index contributed by atoms with van der Waals surface area (Å²) in [5.74, 6) is 0. The average molecular weight is 349 g/mol. The third kappa shape index (κ3) is 2.94. The first-order chi connectivity index (χ1) is 11.3. The van der Waals surface area contributed by atoms with Crippen LogP contribution in [0.2, 0.25) is 0 Å². The van der Waals surface area contributed by atoms with Crippen molar-refractivity contribution in [1.82, 2.24) is 14.3 Å². The molecule has 2 heterocycles. The fourth-order valence-corrected chi connectivity index (χ4v) is 4.80. The second-order valence-corrected chi connectivity index (χ2v) is 8.21. The molecule has 128 valence electrons. The lowest BCUT2D eigenvalue weighted by Gasteiger charge is -2.40. The van der Waals surface area contributed by atoms with Crippen molar-refractivity contribution in [3.05, 3.63) is 62.9 Å². The Hall–Kier alpha value is -2.19. The van der Waals surface area contributed by atoms with Gasteiger partial charge in [-0.3, -0.25) is 9.78 Å². The van der Waals surface area contributed by atoms with Gasteiger partial charge in [0.2, 0.25) is 10.0 Å². The van der Waals surface area contributed by atoms with Gasteiger partial charge >= 0.3 is 5.69 Å². The monoisotopic (exact) mass is 349 g/mol. The van der Waals surface area contributed by atoms with Gasteiger partial charge in [0.25, 0.3) is 5.56 Å². The Morgan fingerprint density at radius 2 is 1.88 bits per heavy atom. The third-order valence-electron chi connectivity index (χ3n) is 4.54. The van der Waals surface area contributed by atoms with Crippen molar-refractivity contribution < 1.29 is 8.42 Å². The molecule has 0 radical (unpaired) electrons. The minimum Gasteiger partial charge on any atom is -0.313 e. The number of nitrogens with one attached hydrogen (secondary N) is 2. The first kappa shape index (κ1) is 16.7. The summed E-state index contributed by atoms with van der Waals surface area (Å²) in [6.45, 7) is 2.67. The van der Waals surface area contributed by atoms with Gasteiger partial charge in [-0.05, 0) is 18.4 Å². The molecule has 7 nitrogen and oxygen atoms in total. The van der Waals surface area contributed by atoms with E-state index in [4.69, 9.17) is 0 Å². The maximum atomic E-state index is 12.8. The van der Waals surface area contributed by atoms with Crippen molar-refractivity contribution in [2.24, 2.45) is 0 Å². The van der Waals surface area contributed by atoms with Gasteiger partial charge in [-0.15, -0.1) is 0 Å². The quantitative estimate of drug-likeness (QED) is 0.855. The fraction of sp³-hybridized carbons (Fsp3) is 0.375. The van der Waals surface area contributed by atoms with Gasteiger partial charge in [-0.2, -0.15) is 4.31 Å². The van der Waals surface area contributed by atoms with E-state index in [0.29, 0.717) is 13.0 Å². The summed E-state index contributed by atoms with van der Waals surface area (Å²) in [5, 5.41) is 0. The van der Waals surface area contributed by atoms with E-state index >= 15 is 0 Å². The largest absolute Gasteiger partial charge is 0.325 e. The molecule has 24 heavy (non-hydrogen) atoms. The molecule has 2 N–H and O–H groups in total. The number of hydrogen-bond acceptors (Lipinski definition) is 4. The predicted molar refractivity (Wildman–Crippen MR) is 89.5 cm³/mol. The van der Waals surface area contributed by atoms with E-state index in [1.165, 1.54) is 4.31 Å². The first-order valence-corrected chi connectivity index (χ1v) is 9.15. The second kappa shape index (κ2) is 6.03. The molecule has 0 saturated carbocycles. The van der Waals surface area contributed by atoms with Crippen molar-refractivity contribution in [3.63, 3.8) is 0 Å². The summed E-state index contributed by atoms with van der Waals surface area (Å²) in [4.78, 5) is 26.7. The summed E-state index contributed by atoms with van der Waals surface area (Å²) in [6.07, 6.45) is 2.53. The van der Waals surface area contributed by atoms with E-state index in [1.807, 2.05) is 42.2 Å². The van der Waals surface area contributed by atoms with Crippen LogP contribution in [0.5, 0.6) is 0 Å². The van der Waals surface area contributed by atoms with Gasteiger partial charge in [-0.25, -0.2) is 13.2 Å². The van der Waals surface area contributed by atoms with Gasteiger partial charge in [0, 0.05) is 24.7 Å². The van der Waals surface area contributed by atoms with Gasteiger partial charge in [0.1, 0.15) is 0 Å². The van der Waals surface area contributed by atoms with E-state index in [-0.39, 0.29) is 12.0 Å². The van der Waals surface area contributed by atoms with E-state index in [1.54, 1.807) is 0 Å². The predicted octanol–water partition coefficient (Wildman–Crippen LogP) is 0.806. The number of aromatic amines is 2. The smallest absolute Gasteiger partial charge is 0.313 e. The highest BCUT2D eigenvalue weighted by atomic mass is 32.2. The molecule has 1 aliphatic rings. The fourth-order valence-electron chi connectivity index (χ4n) is 3.20. The zero-order chi connectivity index (χ0) is 17.4. The highest BCUT2D eigenvalue weighted by molar-refractivity contribution is 7.89. The van der Waals surface area contributed by atoms with Crippen LogP contribution < -0.4 is 11.2 Å². The molecule has 2 aromatic rings. The first-order valence-electron chi connectivity index (χ1n) is 7.71. The molecule has 0 aliphatic carbocycles. The average Bonchev–Trinajstić information content (AvgIpc) is 2.55. The highest BCUT2D eigenvalue weighted by Gasteiger charge is 2.38. The number of sulfonamides is 1. The summed E-state index contributed by atoms with van der Waals surface area (Å²) < 4.78 is 27.0. The normalized spacial score (nSPS) is 22.4. The Bertz CT molecular complexity index is 949. The second-order valence-electron chi connectivity index (χ2n) is 6.31. The third-order valence-corrected chi connectivity index (χ3v) is 6.39. The number of benzene rings is 1. The van der Waals surface area contributed by atoms with Crippen LogP contribution in [0.4, 0.5) is 0 Å². The lowest BCUT2D eigenvalue weighted by atomic mass is 9.77. The van der Waals surface area contributed by atoms with Crippen molar-refractivity contribution in [2.75, 3.05) is 13.1 Å². The van der Waals surface area contributed by atoms with Gasteiger partial charge < -0.3 is 4.98 Å².